The van der Waals surface area contributed by atoms with Gasteiger partial charge in [-0.1, -0.05) is 30.3 Å². The Morgan fingerprint density at radius 2 is 1.55 bits per heavy atom. The SMILES string of the molecule is O=C(O)c1ccc(C(=O)O)c(CCc2ccccc2)c1. The third-order valence-electron chi connectivity index (χ3n) is 3.11. The average molecular weight is 270 g/mol. The molecule has 0 aliphatic rings. The molecule has 0 aromatic heterocycles. The van der Waals surface area contributed by atoms with Gasteiger partial charge in [-0.05, 0) is 42.2 Å². The van der Waals surface area contributed by atoms with Crippen LogP contribution in [0.25, 0.3) is 0 Å². The van der Waals surface area contributed by atoms with Gasteiger partial charge in [0.2, 0.25) is 0 Å². The quantitative estimate of drug-likeness (QED) is 0.876. The Kier molecular flexibility index (Phi) is 4.15. The molecule has 0 fully saturated rings. The predicted molar refractivity (Wildman–Crippen MR) is 74.2 cm³/mol. The fourth-order valence-corrected chi connectivity index (χ4v) is 2.07. The van der Waals surface area contributed by atoms with Crippen molar-refractivity contribution in [3.8, 4) is 0 Å². The summed E-state index contributed by atoms with van der Waals surface area (Å²) in [7, 11) is 0. The zero-order chi connectivity index (χ0) is 14.5. The van der Waals surface area contributed by atoms with Gasteiger partial charge in [-0.15, -0.1) is 0 Å². The number of carboxylic acids is 2. The van der Waals surface area contributed by atoms with Gasteiger partial charge in [-0.3, -0.25) is 0 Å². The van der Waals surface area contributed by atoms with Crippen molar-refractivity contribution < 1.29 is 19.8 Å². The number of carbonyl (C=O) groups is 2. The molecule has 0 unspecified atom stereocenters. The van der Waals surface area contributed by atoms with E-state index in [1.807, 2.05) is 30.3 Å². The van der Waals surface area contributed by atoms with Gasteiger partial charge in [0.25, 0.3) is 0 Å². The van der Waals surface area contributed by atoms with Crippen LogP contribution in [0.15, 0.2) is 48.5 Å². The van der Waals surface area contributed by atoms with Gasteiger partial charge in [-0.25, -0.2) is 9.59 Å². The lowest BCUT2D eigenvalue weighted by Gasteiger charge is -2.07. The van der Waals surface area contributed by atoms with Gasteiger partial charge in [0.1, 0.15) is 0 Å². The number of rotatable bonds is 5. The molecule has 0 amide bonds. The summed E-state index contributed by atoms with van der Waals surface area (Å²) in [6, 6.07) is 13.8. The van der Waals surface area contributed by atoms with Crippen LogP contribution in [0.3, 0.4) is 0 Å². The van der Waals surface area contributed by atoms with Crippen molar-refractivity contribution in [2.75, 3.05) is 0 Å². The van der Waals surface area contributed by atoms with Crippen LogP contribution in [0.2, 0.25) is 0 Å². The van der Waals surface area contributed by atoms with Crippen LogP contribution in [0.1, 0.15) is 31.8 Å². The van der Waals surface area contributed by atoms with E-state index in [1.165, 1.54) is 18.2 Å². The number of benzene rings is 2. The van der Waals surface area contributed by atoms with E-state index in [1.54, 1.807) is 0 Å². The van der Waals surface area contributed by atoms with Gasteiger partial charge in [0.05, 0.1) is 11.1 Å². The molecule has 4 heteroatoms. The lowest BCUT2D eigenvalue weighted by atomic mass is 9.97. The summed E-state index contributed by atoms with van der Waals surface area (Å²) in [6.07, 6.45) is 1.16. The first-order chi connectivity index (χ1) is 9.58. The molecule has 0 aliphatic heterocycles. The molecule has 2 rings (SSSR count). The Morgan fingerprint density at radius 3 is 2.15 bits per heavy atom. The van der Waals surface area contributed by atoms with Crippen molar-refractivity contribution in [2.45, 2.75) is 12.8 Å². The molecule has 0 saturated carbocycles. The molecule has 0 atom stereocenters. The van der Waals surface area contributed by atoms with E-state index in [-0.39, 0.29) is 11.1 Å². The molecule has 0 spiro atoms. The number of hydrogen-bond acceptors (Lipinski definition) is 2. The molecule has 20 heavy (non-hydrogen) atoms. The van der Waals surface area contributed by atoms with Crippen LogP contribution in [0.4, 0.5) is 0 Å². The van der Waals surface area contributed by atoms with E-state index >= 15 is 0 Å². The fraction of sp³-hybridized carbons (Fsp3) is 0.125. The molecule has 2 aromatic carbocycles. The highest BCUT2D eigenvalue weighted by Gasteiger charge is 2.13. The Morgan fingerprint density at radius 1 is 0.850 bits per heavy atom. The van der Waals surface area contributed by atoms with Gasteiger partial charge >= 0.3 is 11.9 Å². The monoisotopic (exact) mass is 270 g/mol. The Bertz CT molecular complexity index is 632. The van der Waals surface area contributed by atoms with Crippen LogP contribution < -0.4 is 0 Å². The summed E-state index contributed by atoms with van der Waals surface area (Å²) in [6.45, 7) is 0. The smallest absolute Gasteiger partial charge is 0.335 e. The number of aryl methyl sites for hydroxylation is 2. The molecule has 0 aliphatic carbocycles. The second-order valence-electron chi connectivity index (χ2n) is 4.47. The minimum absolute atomic E-state index is 0.109. The standard InChI is InChI=1S/C16H14O4/c17-15(18)13-8-9-14(16(19)20)12(10-13)7-6-11-4-2-1-3-5-11/h1-5,8-10H,6-7H2,(H,17,18)(H,19,20). The molecular formula is C16H14O4. The van der Waals surface area contributed by atoms with Crippen molar-refractivity contribution >= 4 is 11.9 Å². The van der Waals surface area contributed by atoms with Crippen molar-refractivity contribution in [1.29, 1.82) is 0 Å². The second-order valence-corrected chi connectivity index (χ2v) is 4.47. The summed E-state index contributed by atoms with van der Waals surface area (Å²) in [5, 5.41) is 18.1. The molecule has 0 saturated heterocycles. The molecule has 0 heterocycles. The highest BCUT2D eigenvalue weighted by Crippen LogP contribution is 2.15. The predicted octanol–water partition coefficient (Wildman–Crippen LogP) is 2.87. The summed E-state index contributed by atoms with van der Waals surface area (Å²) in [5.41, 5.74) is 1.90. The fourth-order valence-electron chi connectivity index (χ4n) is 2.07. The van der Waals surface area contributed by atoms with Crippen LogP contribution >= 0.6 is 0 Å². The van der Waals surface area contributed by atoms with Crippen LogP contribution in [0.5, 0.6) is 0 Å². The molecule has 102 valence electrons. The first-order valence-electron chi connectivity index (χ1n) is 6.21. The molecule has 0 bridgehead atoms. The Labute approximate surface area is 116 Å². The highest BCUT2D eigenvalue weighted by atomic mass is 16.4. The van der Waals surface area contributed by atoms with E-state index < -0.39 is 11.9 Å². The minimum atomic E-state index is -1.05. The summed E-state index contributed by atoms with van der Waals surface area (Å²) >= 11 is 0. The van der Waals surface area contributed by atoms with Gasteiger partial charge in [0, 0.05) is 0 Å². The largest absolute Gasteiger partial charge is 0.478 e. The molecule has 2 N–H and O–H groups in total. The first kappa shape index (κ1) is 13.8. The van der Waals surface area contributed by atoms with E-state index in [9.17, 15) is 9.59 Å². The highest BCUT2D eigenvalue weighted by molar-refractivity contribution is 5.93. The van der Waals surface area contributed by atoms with Gasteiger partial charge in [0.15, 0.2) is 0 Å². The van der Waals surface area contributed by atoms with Crippen molar-refractivity contribution in [3.05, 3.63) is 70.8 Å². The van der Waals surface area contributed by atoms with E-state index in [2.05, 4.69) is 0 Å². The number of aromatic carboxylic acids is 2. The maximum atomic E-state index is 11.2. The van der Waals surface area contributed by atoms with Crippen molar-refractivity contribution in [3.63, 3.8) is 0 Å². The van der Waals surface area contributed by atoms with Crippen molar-refractivity contribution in [1.82, 2.24) is 0 Å². The Hall–Kier alpha value is -2.62. The summed E-state index contributed by atoms with van der Waals surface area (Å²) < 4.78 is 0. The first-order valence-corrected chi connectivity index (χ1v) is 6.21. The number of carboxylic acid groups (broad SMARTS) is 2. The zero-order valence-electron chi connectivity index (χ0n) is 10.7. The van der Waals surface area contributed by atoms with Gasteiger partial charge in [-0.2, -0.15) is 0 Å². The maximum Gasteiger partial charge on any atom is 0.335 e. The minimum Gasteiger partial charge on any atom is -0.478 e. The molecule has 0 radical (unpaired) electrons. The van der Waals surface area contributed by atoms with E-state index in [4.69, 9.17) is 10.2 Å². The van der Waals surface area contributed by atoms with Crippen LogP contribution in [-0.2, 0) is 12.8 Å². The third-order valence-corrected chi connectivity index (χ3v) is 3.11. The maximum absolute atomic E-state index is 11.2. The second kappa shape index (κ2) is 6.02. The lowest BCUT2D eigenvalue weighted by Crippen LogP contribution is -2.07. The van der Waals surface area contributed by atoms with E-state index in [0.717, 1.165) is 5.56 Å². The Balaban J connectivity index is 2.26. The molecular weight excluding hydrogens is 256 g/mol. The van der Waals surface area contributed by atoms with E-state index in [0.29, 0.717) is 18.4 Å². The molecule has 4 nitrogen and oxygen atoms in total. The van der Waals surface area contributed by atoms with Crippen molar-refractivity contribution in [2.24, 2.45) is 0 Å². The number of hydrogen-bond donors (Lipinski definition) is 2. The van der Waals surface area contributed by atoms with Crippen LogP contribution in [0, 0.1) is 0 Å². The van der Waals surface area contributed by atoms with Crippen LogP contribution in [-0.4, -0.2) is 22.2 Å². The third kappa shape index (κ3) is 3.23. The summed E-state index contributed by atoms with van der Waals surface area (Å²) in [5.74, 6) is -2.09. The zero-order valence-corrected chi connectivity index (χ0v) is 10.7. The topological polar surface area (TPSA) is 74.6 Å². The molecule has 2 aromatic rings. The normalized spacial score (nSPS) is 10.2. The average Bonchev–Trinajstić information content (AvgIpc) is 2.45. The summed E-state index contributed by atoms with van der Waals surface area (Å²) in [4.78, 5) is 22.1. The lowest BCUT2D eigenvalue weighted by molar-refractivity contribution is 0.0680. The van der Waals surface area contributed by atoms with Gasteiger partial charge < -0.3 is 10.2 Å².